The van der Waals surface area contributed by atoms with Crippen LogP contribution in [0.2, 0.25) is 0 Å². The Morgan fingerprint density at radius 3 is 2.59 bits per heavy atom. The van der Waals surface area contributed by atoms with Gasteiger partial charge in [0.05, 0.1) is 22.6 Å². The molecule has 2 aromatic carbocycles. The molecule has 0 bridgehead atoms. The number of aromatic nitrogens is 2. The van der Waals surface area contributed by atoms with Gasteiger partial charge in [0, 0.05) is 34.2 Å². The van der Waals surface area contributed by atoms with Gasteiger partial charge in [-0.15, -0.1) is 0 Å². The normalized spacial score (nSPS) is 23.2. The minimum atomic E-state index is 0.479. The van der Waals surface area contributed by atoms with Crippen LogP contribution in [0.3, 0.4) is 0 Å². The molecule has 5 aromatic rings. The number of allylic oxidation sites excluding steroid dienone is 1. The zero-order valence-corrected chi connectivity index (χ0v) is 16.8. The summed E-state index contributed by atoms with van der Waals surface area (Å²) in [7, 11) is 0. The van der Waals surface area contributed by atoms with Gasteiger partial charge >= 0.3 is 0 Å². The molecule has 140 valence electrons. The van der Waals surface area contributed by atoms with E-state index in [1.165, 1.54) is 44.1 Å². The van der Waals surface area contributed by atoms with E-state index in [1.807, 2.05) is 0 Å². The molecule has 4 heterocycles. The van der Waals surface area contributed by atoms with Crippen molar-refractivity contribution < 1.29 is 4.57 Å². The molecule has 0 spiro atoms. The number of benzene rings is 2. The van der Waals surface area contributed by atoms with E-state index in [-0.39, 0.29) is 0 Å². The Balaban J connectivity index is 1.60. The minimum Gasteiger partial charge on any atom is -0.308 e. The van der Waals surface area contributed by atoms with Gasteiger partial charge in [-0.05, 0) is 36.6 Å². The van der Waals surface area contributed by atoms with E-state index >= 15 is 0 Å². The third-order valence-corrected chi connectivity index (χ3v) is 7.65. The van der Waals surface area contributed by atoms with Gasteiger partial charge in [0.25, 0.3) is 0 Å². The van der Waals surface area contributed by atoms with Crippen LogP contribution in [0.4, 0.5) is 0 Å². The summed E-state index contributed by atoms with van der Waals surface area (Å²) in [4.78, 5) is 0. The van der Waals surface area contributed by atoms with E-state index < -0.39 is 0 Å². The van der Waals surface area contributed by atoms with Crippen LogP contribution in [0.25, 0.3) is 33.3 Å². The van der Waals surface area contributed by atoms with Crippen LogP contribution >= 0.6 is 0 Å². The van der Waals surface area contributed by atoms with Gasteiger partial charge in [-0.3, -0.25) is 0 Å². The summed E-state index contributed by atoms with van der Waals surface area (Å²) >= 11 is 0. The van der Waals surface area contributed by atoms with Crippen molar-refractivity contribution in [3.05, 3.63) is 89.4 Å². The second-order valence-corrected chi connectivity index (χ2v) is 8.88. The molecule has 29 heavy (non-hydrogen) atoms. The molecule has 0 saturated heterocycles. The Hall–Kier alpha value is -3.13. The van der Waals surface area contributed by atoms with Crippen molar-refractivity contribution in [1.29, 1.82) is 0 Å². The second kappa shape index (κ2) is 5.27. The fourth-order valence-electron chi connectivity index (χ4n) is 6.11. The number of hydrogen-bond donors (Lipinski definition) is 0. The molecule has 0 N–H and O–H groups in total. The number of nitrogens with zero attached hydrogens (tertiary/aromatic N) is 2. The van der Waals surface area contributed by atoms with Crippen molar-refractivity contribution in [1.82, 2.24) is 4.40 Å². The first-order valence-electron chi connectivity index (χ1n) is 10.7. The smallest absolute Gasteiger partial charge is 0.189 e. The Kier molecular flexibility index (Phi) is 2.86. The van der Waals surface area contributed by atoms with Crippen LogP contribution in [-0.4, -0.2) is 4.40 Å². The fourth-order valence-corrected chi connectivity index (χ4v) is 6.11. The molecule has 1 aliphatic heterocycles. The number of pyridine rings is 1. The zero-order valence-electron chi connectivity index (χ0n) is 16.8. The molecule has 3 aromatic heterocycles. The highest BCUT2D eigenvalue weighted by atomic mass is 15.0. The van der Waals surface area contributed by atoms with E-state index in [0.717, 1.165) is 6.42 Å². The zero-order chi connectivity index (χ0) is 19.3. The molecule has 2 aliphatic rings. The summed E-state index contributed by atoms with van der Waals surface area (Å²) in [5, 5.41) is 4.17. The summed E-state index contributed by atoms with van der Waals surface area (Å²) in [5.74, 6) is 1.02. The van der Waals surface area contributed by atoms with Crippen LogP contribution in [0.15, 0.2) is 72.4 Å². The summed E-state index contributed by atoms with van der Waals surface area (Å²) in [6.45, 7) is 4.77. The molecule has 3 unspecified atom stereocenters. The van der Waals surface area contributed by atoms with Crippen LogP contribution in [-0.2, 0) is 6.42 Å². The molecule has 3 atom stereocenters. The lowest BCUT2D eigenvalue weighted by Crippen LogP contribution is -2.51. The number of fused-ring (bicyclic) bond motifs is 9. The lowest BCUT2D eigenvalue weighted by atomic mass is 9.73. The van der Waals surface area contributed by atoms with Crippen LogP contribution in [0.1, 0.15) is 42.8 Å². The molecule has 0 fully saturated rings. The highest BCUT2D eigenvalue weighted by molar-refractivity contribution is 6.16. The highest BCUT2D eigenvalue weighted by Gasteiger charge is 2.43. The van der Waals surface area contributed by atoms with Crippen LogP contribution in [0.5, 0.6) is 0 Å². The predicted octanol–water partition coefficient (Wildman–Crippen LogP) is 5.91. The molecule has 0 radical (unpaired) electrons. The van der Waals surface area contributed by atoms with E-state index in [0.29, 0.717) is 17.9 Å². The first-order valence-corrected chi connectivity index (χ1v) is 10.7. The molecule has 7 rings (SSSR count). The maximum Gasteiger partial charge on any atom is 0.189 e. The van der Waals surface area contributed by atoms with Crippen molar-refractivity contribution in [3.63, 3.8) is 0 Å². The van der Waals surface area contributed by atoms with Crippen molar-refractivity contribution in [2.24, 2.45) is 5.92 Å². The maximum absolute atomic E-state index is 2.53. The summed E-state index contributed by atoms with van der Waals surface area (Å²) < 4.78 is 5.03. The van der Waals surface area contributed by atoms with Crippen molar-refractivity contribution >= 4 is 33.3 Å². The van der Waals surface area contributed by atoms with Crippen molar-refractivity contribution in [3.8, 4) is 0 Å². The molecule has 2 heteroatoms. The molecule has 0 saturated carbocycles. The molecular weight excluding hydrogens is 352 g/mol. The average Bonchev–Trinajstić information content (AvgIpc) is 3.28. The van der Waals surface area contributed by atoms with Gasteiger partial charge in [-0.1, -0.05) is 49.4 Å². The van der Waals surface area contributed by atoms with Gasteiger partial charge in [0.15, 0.2) is 17.9 Å². The Labute approximate surface area is 170 Å². The average molecular weight is 375 g/mol. The monoisotopic (exact) mass is 375 g/mol. The van der Waals surface area contributed by atoms with E-state index in [9.17, 15) is 0 Å². The van der Waals surface area contributed by atoms with Crippen molar-refractivity contribution in [2.75, 3.05) is 0 Å². The van der Waals surface area contributed by atoms with Gasteiger partial charge in [-0.2, -0.15) is 4.57 Å². The Bertz CT molecular complexity index is 1470. The SMILES string of the molecule is CC1C2=Cc3c(c4cccc5c6ccccc6n3c45)CC2c2cccc[n+]2C1C. The van der Waals surface area contributed by atoms with Gasteiger partial charge < -0.3 is 4.40 Å². The summed E-state index contributed by atoms with van der Waals surface area (Å²) in [6.07, 6.45) is 5.90. The molecule has 1 aliphatic carbocycles. The fraction of sp³-hybridized carbons (Fsp3) is 0.222. The molecule has 2 nitrogen and oxygen atoms in total. The Morgan fingerprint density at radius 1 is 0.862 bits per heavy atom. The highest BCUT2D eigenvalue weighted by Crippen LogP contribution is 2.48. The lowest BCUT2D eigenvalue weighted by Gasteiger charge is -2.34. The summed E-state index contributed by atoms with van der Waals surface area (Å²) in [6, 6.07) is 22.9. The van der Waals surface area contributed by atoms with Gasteiger partial charge in [-0.25, -0.2) is 0 Å². The lowest BCUT2D eigenvalue weighted by molar-refractivity contribution is -0.737. The van der Waals surface area contributed by atoms with Gasteiger partial charge in [0.1, 0.15) is 0 Å². The van der Waals surface area contributed by atoms with Crippen LogP contribution in [0, 0.1) is 5.92 Å². The standard InChI is InChI=1S/C27H23N2/c1-16-17(2)28-13-6-5-11-24(28)23-14-22-20-10-7-9-19-18-8-3-4-12-25(18)29(27(19)20)26(22)15-21(16)23/h3-13,15-17,23H,14H2,1-2H3/q+1. The minimum absolute atomic E-state index is 0.479. The van der Waals surface area contributed by atoms with Crippen molar-refractivity contribution in [2.45, 2.75) is 32.2 Å². The maximum atomic E-state index is 2.53. The van der Waals surface area contributed by atoms with Crippen LogP contribution < -0.4 is 4.57 Å². The quantitative estimate of drug-likeness (QED) is 0.298. The number of para-hydroxylation sites is 2. The third kappa shape index (κ3) is 1.81. The van der Waals surface area contributed by atoms with E-state index in [1.54, 1.807) is 5.57 Å². The Morgan fingerprint density at radius 2 is 1.66 bits per heavy atom. The molecular formula is C27H23N2+. The summed E-state index contributed by atoms with van der Waals surface area (Å²) in [5.41, 5.74) is 8.72. The number of hydrogen-bond acceptors (Lipinski definition) is 0. The van der Waals surface area contributed by atoms with E-state index in [4.69, 9.17) is 0 Å². The van der Waals surface area contributed by atoms with Gasteiger partial charge in [0.2, 0.25) is 0 Å². The number of rotatable bonds is 0. The topological polar surface area (TPSA) is 8.29 Å². The largest absolute Gasteiger partial charge is 0.308 e. The second-order valence-electron chi connectivity index (χ2n) is 8.88. The third-order valence-electron chi connectivity index (χ3n) is 7.65. The molecule has 0 amide bonds. The first-order chi connectivity index (χ1) is 14.2. The first kappa shape index (κ1) is 15.8. The predicted molar refractivity (Wildman–Crippen MR) is 119 cm³/mol. The van der Waals surface area contributed by atoms with E-state index in [2.05, 4.69) is 95.8 Å².